The quantitative estimate of drug-likeness (QED) is 0.658. The lowest BCUT2D eigenvalue weighted by Crippen LogP contribution is -2.27. The maximum Gasteiger partial charge on any atom is 0.309 e. The van der Waals surface area contributed by atoms with E-state index in [4.69, 9.17) is 4.74 Å². The minimum atomic E-state index is 0.00131. The zero-order chi connectivity index (χ0) is 12.3. The van der Waals surface area contributed by atoms with Crippen molar-refractivity contribution >= 4 is 5.97 Å². The van der Waals surface area contributed by atoms with Crippen LogP contribution in [0.3, 0.4) is 0 Å². The fraction of sp³-hybridized carbons (Fsp3) is 0.667. The van der Waals surface area contributed by atoms with E-state index in [9.17, 15) is 4.79 Å². The molecule has 0 radical (unpaired) electrons. The zero-order valence-corrected chi connectivity index (χ0v) is 10.8. The first-order chi connectivity index (χ1) is 8.75. The molecule has 2 aliphatic heterocycles. The molecule has 3 aliphatic rings. The molecule has 0 N–H and O–H groups in total. The number of carbonyl (C=O) groups is 1. The van der Waals surface area contributed by atoms with Crippen LogP contribution in [-0.4, -0.2) is 16.6 Å². The van der Waals surface area contributed by atoms with Gasteiger partial charge in [0.05, 0.1) is 5.92 Å². The molecule has 96 valence electrons. The third-order valence-corrected chi connectivity index (χ3v) is 5.08. The molecule has 1 fully saturated rings. The van der Waals surface area contributed by atoms with Gasteiger partial charge in [0.15, 0.2) is 0 Å². The topological polar surface area (TPSA) is 31.2 Å². The number of hydrogen-bond acceptors (Lipinski definition) is 2. The summed E-state index contributed by atoms with van der Waals surface area (Å²) < 4.78 is 8.02. The Balaban J connectivity index is 1.85. The Morgan fingerprint density at radius 1 is 1.39 bits per heavy atom. The summed E-state index contributed by atoms with van der Waals surface area (Å²) in [6, 6.07) is 2.24. The highest BCUT2D eigenvalue weighted by molar-refractivity contribution is 5.76. The summed E-state index contributed by atoms with van der Waals surface area (Å²) in [5.41, 5.74) is 2.91. The number of hydrogen-bond donors (Lipinski definition) is 0. The highest BCUT2D eigenvalue weighted by Gasteiger charge is 2.48. The Morgan fingerprint density at radius 2 is 2.28 bits per heavy atom. The van der Waals surface area contributed by atoms with Crippen molar-refractivity contribution in [2.24, 2.45) is 5.92 Å². The van der Waals surface area contributed by atoms with E-state index in [-0.39, 0.29) is 18.0 Å². The molecule has 18 heavy (non-hydrogen) atoms. The molecule has 4 atom stereocenters. The van der Waals surface area contributed by atoms with Gasteiger partial charge in [0, 0.05) is 30.3 Å². The van der Waals surface area contributed by atoms with E-state index in [2.05, 4.69) is 16.8 Å². The average molecular weight is 245 g/mol. The first-order valence-corrected chi connectivity index (χ1v) is 7.15. The van der Waals surface area contributed by atoms with Crippen molar-refractivity contribution in [3.63, 3.8) is 0 Å². The summed E-state index contributed by atoms with van der Waals surface area (Å²) in [7, 11) is 0. The molecule has 1 aromatic heterocycles. The van der Waals surface area contributed by atoms with Gasteiger partial charge in [0.1, 0.15) is 6.10 Å². The molecule has 4 rings (SSSR count). The first kappa shape index (κ1) is 10.7. The van der Waals surface area contributed by atoms with Gasteiger partial charge < -0.3 is 9.30 Å². The van der Waals surface area contributed by atoms with Crippen LogP contribution in [0.4, 0.5) is 0 Å². The van der Waals surface area contributed by atoms with Crippen LogP contribution in [0.25, 0.3) is 0 Å². The average Bonchev–Trinajstić information content (AvgIpc) is 2.80. The number of esters is 1. The maximum absolute atomic E-state index is 11.8. The highest BCUT2D eigenvalue weighted by atomic mass is 16.6. The fourth-order valence-electron chi connectivity index (χ4n) is 4.23. The van der Waals surface area contributed by atoms with Gasteiger partial charge >= 0.3 is 5.97 Å². The summed E-state index contributed by atoms with van der Waals surface area (Å²) in [5, 5.41) is 0. The van der Waals surface area contributed by atoms with Gasteiger partial charge in [-0.15, -0.1) is 0 Å². The molecule has 0 aromatic carbocycles. The smallest absolute Gasteiger partial charge is 0.309 e. The first-order valence-electron chi connectivity index (χ1n) is 7.15. The van der Waals surface area contributed by atoms with Gasteiger partial charge in [-0.3, -0.25) is 4.79 Å². The van der Waals surface area contributed by atoms with Crippen molar-refractivity contribution in [1.29, 1.82) is 0 Å². The Kier molecular flexibility index (Phi) is 2.14. The molecule has 0 spiro atoms. The number of aryl methyl sites for hydroxylation is 1. The normalized spacial score (nSPS) is 37.7. The van der Waals surface area contributed by atoms with Crippen molar-refractivity contribution in [1.82, 2.24) is 4.57 Å². The van der Waals surface area contributed by atoms with Crippen LogP contribution in [0.1, 0.15) is 55.7 Å². The number of rotatable bonds is 0. The summed E-state index contributed by atoms with van der Waals surface area (Å²) in [6.45, 7) is 3.17. The molecule has 3 nitrogen and oxygen atoms in total. The lowest BCUT2D eigenvalue weighted by atomic mass is 9.74. The molecular formula is C15H19NO2. The Hall–Kier alpha value is -1.25. The molecule has 0 saturated carbocycles. The summed E-state index contributed by atoms with van der Waals surface area (Å²) in [5.74, 6) is 0.952. The van der Waals surface area contributed by atoms with E-state index in [0.29, 0.717) is 11.8 Å². The molecule has 1 aromatic rings. The minimum absolute atomic E-state index is 0.00131. The summed E-state index contributed by atoms with van der Waals surface area (Å²) in [4.78, 5) is 11.8. The van der Waals surface area contributed by atoms with Gasteiger partial charge in [-0.25, -0.2) is 0 Å². The fourth-order valence-corrected chi connectivity index (χ4v) is 4.23. The Morgan fingerprint density at radius 3 is 3.17 bits per heavy atom. The van der Waals surface area contributed by atoms with Crippen LogP contribution >= 0.6 is 0 Å². The summed E-state index contributed by atoms with van der Waals surface area (Å²) >= 11 is 0. The minimum Gasteiger partial charge on any atom is -0.461 e. The van der Waals surface area contributed by atoms with E-state index in [1.165, 1.54) is 30.5 Å². The third kappa shape index (κ3) is 1.28. The third-order valence-electron chi connectivity index (χ3n) is 5.08. The van der Waals surface area contributed by atoms with E-state index in [1.54, 1.807) is 0 Å². The standard InChI is InChI=1S/C15H19NO2/c1-9-13-11-5-7-16-6-3-2-4-10(14(11)16)8-12(13)18-15(9)17/h5,7,9-10,12-13H,2-4,6,8H2,1H3/t9-,10+,12-,13+/m0/s1. The van der Waals surface area contributed by atoms with Gasteiger partial charge in [-0.1, -0.05) is 13.3 Å². The Bertz CT molecular complexity index is 505. The molecule has 0 bridgehead atoms. The lowest BCUT2D eigenvalue weighted by molar-refractivity contribution is -0.144. The highest BCUT2D eigenvalue weighted by Crippen LogP contribution is 2.50. The zero-order valence-electron chi connectivity index (χ0n) is 10.8. The number of fused-ring (bicyclic) bond motifs is 2. The van der Waals surface area contributed by atoms with Crippen molar-refractivity contribution in [3.8, 4) is 0 Å². The van der Waals surface area contributed by atoms with Gasteiger partial charge in [0.2, 0.25) is 0 Å². The monoisotopic (exact) mass is 245 g/mol. The van der Waals surface area contributed by atoms with Crippen LogP contribution in [0.5, 0.6) is 0 Å². The summed E-state index contributed by atoms with van der Waals surface area (Å²) in [6.07, 6.45) is 7.23. The molecule has 0 amide bonds. The van der Waals surface area contributed by atoms with Crippen LogP contribution in [0.2, 0.25) is 0 Å². The lowest BCUT2D eigenvalue weighted by Gasteiger charge is -2.32. The SMILES string of the molecule is C[C@@H]1C(=O)O[C@H]2C[C@H]3CCCCn4ccc(c43)[C@H]21. The molecule has 3 heterocycles. The predicted molar refractivity (Wildman–Crippen MR) is 67.4 cm³/mol. The van der Waals surface area contributed by atoms with Crippen LogP contribution < -0.4 is 0 Å². The van der Waals surface area contributed by atoms with E-state index < -0.39 is 0 Å². The molecule has 1 saturated heterocycles. The maximum atomic E-state index is 11.8. The van der Waals surface area contributed by atoms with Crippen molar-refractivity contribution in [2.75, 3.05) is 0 Å². The molecular weight excluding hydrogens is 226 g/mol. The van der Waals surface area contributed by atoms with Crippen LogP contribution in [0, 0.1) is 5.92 Å². The number of aromatic nitrogens is 1. The Labute approximate surface area is 107 Å². The second-order valence-corrected chi connectivity index (χ2v) is 6.07. The molecule has 0 unspecified atom stereocenters. The molecule has 1 aliphatic carbocycles. The number of carbonyl (C=O) groups excluding carboxylic acids is 1. The van der Waals surface area contributed by atoms with Crippen LogP contribution in [-0.2, 0) is 16.1 Å². The predicted octanol–water partition coefficient (Wildman–Crippen LogP) is 2.80. The van der Waals surface area contributed by atoms with Gasteiger partial charge in [-0.2, -0.15) is 0 Å². The van der Waals surface area contributed by atoms with Crippen LogP contribution in [0.15, 0.2) is 12.3 Å². The van der Waals surface area contributed by atoms with Crippen molar-refractivity contribution in [3.05, 3.63) is 23.5 Å². The number of ether oxygens (including phenoxy) is 1. The van der Waals surface area contributed by atoms with Crippen molar-refractivity contribution in [2.45, 2.75) is 57.1 Å². The number of nitrogens with zero attached hydrogens (tertiary/aromatic N) is 1. The van der Waals surface area contributed by atoms with E-state index >= 15 is 0 Å². The second-order valence-electron chi connectivity index (χ2n) is 6.07. The molecule has 3 heteroatoms. The van der Waals surface area contributed by atoms with Crippen molar-refractivity contribution < 1.29 is 9.53 Å². The van der Waals surface area contributed by atoms with Gasteiger partial charge in [0.25, 0.3) is 0 Å². The van der Waals surface area contributed by atoms with Gasteiger partial charge in [-0.05, 0) is 30.9 Å². The van der Waals surface area contributed by atoms with E-state index in [1.807, 2.05) is 6.92 Å². The largest absolute Gasteiger partial charge is 0.461 e. The van der Waals surface area contributed by atoms with E-state index in [0.717, 1.165) is 13.0 Å². The second kappa shape index (κ2) is 3.62.